The largest absolute Gasteiger partial charge is 0.354 e. The Kier molecular flexibility index (Phi) is 8.79. The third-order valence-corrected chi connectivity index (χ3v) is 6.56. The Hall–Kier alpha value is -1.77. The fourth-order valence-electron chi connectivity index (χ4n) is 2.62. The summed E-state index contributed by atoms with van der Waals surface area (Å²) in [6, 6.07) is 11.9. The molecule has 0 fully saturated rings. The van der Waals surface area contributed by atoms with Crippen molar-refractivity contribution in [2.75, 3.05) is 29.4 Å². The van der Waals surface area contributed by atoms with Gasteiger partial charge >= 0.3 is 0 Å². The van der Waals surface area contributed by atoms with Crippen LogP contribution in [0.5, 0.6) is 0 Å². The number of thioether (sulfide) groups is 1. The topological polar surface area (TPSA) is 66.5 Å². The summed E-state index contributed by atoms with van der Waals surface area (Å²) >= 11 is 7.51. The second-order valence-electron chi connectivity index (χ2n) is 6.61. The first-order chi connectivity index (χ1) is 13.7. The Morgan fingerprint density at radius 3 is 2.66 bits per heavy atom. The van der Waals surface area contributed by atoms with Crippen LogP contribution in [0.25, 0.3) is 0 Å². The van der Waals surface area contributed by atoms with Crippen LogP contribution in [-0.2, 0) is 20.6 Å². The number of hydrogen-bond acceptors (Lipinski definition) is 4. The fraction of sp³-hybridized carbons (Fsp3) is 0.350. The molecule has 0 spiro atoms. The normalized spacial score (nSPS) is 11.3. The minimum Gasteiger partial charge on any atom is -0.354 e. The number of anilines is 1. The summed E-state index contributed by atoms with van der Waals surface area (Å²) in [5.74, 6) is 0.691. The van der Waals surface area contributed by atoms with Crippen molar-refractivity contribution in [3.63, 3.8) is 0 Å². The smallest absolute Gasteiger partial charge is 0.240 e. The van der Waals surface area contributed by atoms with Crippen molar-refractivity contribution in [3.8, 4) is 0 Å². The van der Waals surface area contributed by atoms with Gasteiger partial charge in [-0.3, -0.25) is 9.10 Å². The van der Waals surface area contributed by atoms with Gasteiger partial charge < -0.3 is 5.32 Å². The first kappa shape index (κ1) is 23.5. The quantitative estimate of drug-likeness (QED) is 0.546. The van der Waals surface area contributed by atoms with E-state index in [1.807, 2.05) is 6.07 Å². The molecular weight excluding hydrogens is 435 g/mol. The molecule has 2 aromatic carbocycles. The molecule has 0 aliphatic heterocycles. The van der Waals surface area contributed by atoms with Gasteiger partial charge in [0.25, 0.3) is 0 Å². The molecule has 0 aromatic heterocycles. The molecule has 9 heteroatoms. The highest BCUT2D eigenvalue weighted by atomic mass is 35.5. The number of aryl methyl sites for hydroxylation is 1. The summed E-state index contributed by atoms with van der Waals surface area (Å²) in [6.45, 7) is 2.11. The molecule has 0 saturated heterocycles. The summed E-state index contributed by atoms with van der Waals surface area (Å²) in [7, 11) is -3.73. The highest BCUT2D eigenvalue weighted by Gasteiger charge is 2.21. The Bertz CT molecular complexity index is 954. The second kappa shape index (κ2) is 10.8. The van der Waals surface area contributed by atoms with E-state index in [1.54, 1.807) is 11.8 Å². The maximum atomic E-state index is 13.3. The number of carbonyl (C=O) groups excluding carboxylic acids is 1. The molecule has 29 heavy (non-hydrogen) atoms. The van der Waals surface area contributed by atoms with Gasteiger partial charge in [-0.1, -0.05) is 41.4 Å². The van der Waals surface area contributed by atoms with E-state index in [2.05, 4.69) is 30.4 Å². The molecule has 0 aliphatic carbocycles. The lowest BCUT2D eigenvalue weighted by Gasteiger charge is -2.22. The molecular formula is C20H24ClFN2O3S2. The fourth-order valence-corrected chi connectivity index (χ4v) is 4.55. The van der Waals surface area contributed by atoms with Crippen LogP contribution in [0.15, 0.2) is 42.5 Å². The van der Waals surface area contributed by atoms with Crippen molar-refractivity contribution >= 4 is 45.0 Å². The van der Waals surface area contributed by atoms with Crippen LogP contribution in [0.2, 0.25) is 5.02 Å². The SMILES string of the molecule is Cc1cccc(CSCCCNC(=O)CN(c2ccc(F)c(Cl)c2)S(C)(=O)=O)c1. The molecule has 0 saturated carbocycles. The Balaban J connectivity index is 1.79. The van der Waals surface area contributed by atoms with Gasteiger partial charge in [-0.05, 0) is 42.9 Å². The molecule has 5 nitrogen and oxygen atoms in total. The average molecular weight is 459 g/mol. The van der Waals surface area contributed by atoms with Crippen molar-refractivity contribution in [3.05, 3.63) is 64.4 Å². The van der Waals surface area contributed by atoms with Crippen LogP contribution >= 0.6 is 23.4 Å². The molecule has 1 N–H and O–H groups in total. The van der Waals surface area contributed by atoms with Crippen LogP contribution in [-0.4, -0.2) is 39.4 Å². The molecule has 0 aliphatic rings. The number of sulfonamides is 1. The van der Waals surface area contributed by atoms with Gasteiger partial charge in [-0.15, -0.1) is 0 Å². The minimum atomic E-state index is -3.73. The molecule has 158 valence electrons. The van der Waals surface area contributed by atoms with Gasteiger partial charge in [0, 0.05) is 12.3 Å². The number of amides is 1. The van der Waals surface area contributed by atoms with Crippen LogP contribution in [0.4, 0.5) is 10.1 Å². The number of halogens is 2. The lowest BCUT2D eigenvalue weighted by atomic mass is 10.2. The van der Waals surface area contributed by atoms with E-state index in [0.717, 1.165) is 34.6 Å². The molecule has 0 radical (unpaired) electrons. The first-order valence-electron chi connectivity index (χ1n) is 8.99. The molecule has 2 aromatic rings. The van der Waals surface area contributed by atoms with Crippen LogP contribution in [0.3, 0.4) is 0 Å². The zero-order valence-corrected chi connectivity index (χ0v) is 18.7. The maximum Gasteiger partial charge on any atom is 0.240 e. The molecule has 0 bridgehead atoms. The number of rotatable bonds is 10. The number of hydrogen-bond donors (Lipinski definition) is 1. The molecule has 0 atom stereocenters. The van der Waals surface area contributed by atoms with E-state index in [9.17, 15) is 17.6 Å². The van der Waals surface area contributed by atoms with E-state index < -0.39 is 28.3 Å². The van der Waals surface area contributed by atoms with Crippen molar-refractivity contribution in [1.29, 1.82) is 0 Å². The lowest BCUT2D eigenvalue weighted by Crippen LogP contribution is -2.40. The lowest BCUT2D eigenvalue weighted by molar-refractivity contribution is -0.119. The van der Waals surface area contributed by atoms with Gasteiger partial charge in [0.05, 0.1) is 17.0 Å². The third kappa shape index (κ3) is 7.87. The van der Waals surface area contributed by atoms with Crippen molar-refractivity contribution < 1.29 is 17.6 Å². The van der Waals surface area contributed by atoms with Crippen molar-refractivity contribution in [1.82, 2.24) is 5.32 Å². The number of benzene rings is 2. The first-order valence-corrected chi connectivity index (χ1v) is 12.4. The number of nitrogens with one attached hydrogen (secondary N) is 1. The van der Waals surface area contributed by atoms with Crippen molar-refractivity contribution in [2.45, 2.75) is 19.1 Å². The van der Waals surface area contributed by atoms with E-state index in [0.29, 0.717) is 6.54 Å². The van der Waals surface area contributed by atoms with Gasteiger partial charge in [0.15, 0.2) is 0 Å². The maximum absolute atomic E-state index is 13.3. The summed E-state index contributed by atoms with van der Waals surface area (Å²) in [4.78, 5) is 12.2. The van der Waals surface area contributed by atoms with Gasteiger partial charge in [-0.2, -0.15) is 11.8 Å². The van der Waals surface area contributed by atoms with Crippen molar-refractivity contribution in [2.24, 2.45) is 0 Å². The Labute approximate surface area is 180 Å². The number of carbonyl (C=O) groups is 1. The second-order valence-corrected chi connectivity index (χ2v) is 10.0. The summed E-state index contributed by atoms with van der Waals surface area (Å²) in [5.41, 5.74) is 2.64. The highest BCUT2D eigenvalue weighted by molar-refractivity contribution is 7.98. The summed E-state index contributed by atoms with van der Waals surface area (Å²) < 4.78 is 38.3. The van der Waals surface area contributed by atoms with E-state index in [4.69, 9.17) is 11.6 Å². The summed E-state index contributed by atoms with van der Waals surface area (Å²) in [5, 5.41) is 2.52. The predicted octanol–water partition coefficient (Wildman–Crippen LogP) is 3.99. The standard InChI is InChI=1S/C20H24ClFN2O3S2/c1-15-5-3-6-16(11-15)14-28-10-4-9-23-20(25)13-24(29(2,26)27)17-7-8-19(22)18(21)12-17/h3,5-8,11-12H,4,9-10,13-14H2,1-2H3,(H,23,25). The average Bonchev–Trinajstić information content (AvgIpc) is 2.64. The van der Waals surface area contributed by atoms with Crippen LogP contribution < -0.4 is 9.62 Å². The van der Waals surface area contributed by atoms with E-state index in [-0.39, 0.29) is 10.7 Å². The molecule has 2 rings (SSSR count). The van der Waals surface area contributed by atoms with Gasteiger partial charge in [0.1, 0.15) is 12.4 Å². The highest BCUT2D eigenvalue weighted by Crippen LogP contribution is 2.24. The Morgan fingerprint density at radius 1 is 1.24 bits per heavy atom. The third-order valence-electron chi connectivity index (χ3n) is 4.02. The van der Waals surface area contributed by atoms with Crippen LogP contribution in [0.1, 0.15) is 17.5 Å². The molecule has 0 heterocycles. The van der Waals surface area contributed by atoms with E-state index >= 15 is 0 Å². The predicted molar refractivity (Wildman–Crippen MR) is 119 cm³/mol. The minimum absolute atomic E-state index is 0.141. The number of nitrogens with zero attached hydrogens (tertiary/aromatic N) is 1. The molecule has 0 unspecified atom stereocenters. The van der Waals surface area contributed by atoms with Crippen LogP contribution in [0, 0.1) is 12.7 Å². The van der Waals surface area contributed by atoms with E-state index in [1.165, 1.54) is 23.3 Å². The zero-order valence-electron chi connectivity index (χ0n) is 16.3. The zero-order chi connectivity index (χ0) is 21.4. The summed E-state index contributed by atoms with van der Waals surface area (Å²) in [6.07, 6.45) is 1.75. The van der Waals surface area contributed by atoms with Gasteiger partial charge in [-0.25, -0.2) is 12.8 Å². The monoisotopic (exact) mass is 458 g/mol. The van der Waals surface area contributed by atoms with Gasteiger partial charge in [0.2, 0.25) is 15.9 Å². The Morgan fingerprint density at radius 2 is 2.00 bits per heavy atom. The molecule has 1 amide bonds.